The Morgan fingerprint density at radius 2 is 1.90 bits per heavy atom. The van der Waals surface area contributed by atoms with Gasteiger partial charge in [-0.05, 0) is 44.1 Å². The number of rotatable bonds is 2. The van der Waals surface area contributed by atoms with E-state index in [4.69, 9.17) is 34.8 Å². The number of likely N-dealkylation sites (N-methyl/N-ethyl adjacent to an activating group) is 1. The summed E-state index contributed by atoms with van der Waals surface area (Å²) < 4.78 is 0. The van der Waals surface area contributed by atoms with Crippen LogP contribution in [0.1, 0.15) is 12.8 Å². The molecular weight excluding hydrogens is 327 g/mol. The molecule has 0 N–H and O–H groups in total. The topological polar surface area (TPSA) is 6.48 Å². The molecule has 0 aromatic heterocycles. The predicted molar refractivity (Wildman–Crippen MR) is 91.7 cm³/mol. The van der Waals surface area contributed by atoms with E-state index in [-0.39, 0.29) is 0 Å². The van der Waals surface area contributed by atoms with Gasteiger partial charge >= 0.3 is 0 Å². The third-order valence-corrected chi connectivity index (χ3v) is 5.23. The van der Waals surface area contributed by atoms with Crippen LogP contribution in [0.3, 0.4) is 0 Å². The Labute approximate surface area is 140 Å². The molecule has 2 heterocycles. The minimum Gasteiger partial charge on any atom is -0.341 e. The molecule has 0 bridgehead atoms. The van der Waals surface area contributed by atoms with Crippen molar-refractivity contribution in [3.05, 3.63) is 51.1 Å². The summed E-state index contributed by atoms with van der Waals surface area (Å²) in [5.74, 6) is 0. The summed E-state index contributed by atoms with van der Waals surface area (Å²) in [5, 5.41) is 1.66. The second-order valence-corrected chi connectivity index (χ2v) is 6.71. The van der Waals surface area contributed by atoms with E-state index in [0.717, 1.165) is 18.8 Å². The number of halogens is 3. The van der Waals surface area contributed by atoms with Gasteiger partial charge in [-0.1, -0.05) is 47.0 Å². The minimum atomic E-state index is 0.473. The van der Waals surface area contributed by atoms with Gasteiger partial charge < -0.3 is 4.90 Å². The molecule has 1 atom stereocenters. The van der Waals surface area contributed by atoms with Gasteiger partial charge in [0.05, 0.1) is 20.8 Å². The molecule has 1 unspecified atom stereocenters. The van der Waals surface area contributed by atoms with Crippen LogP contribution in [0.25, 0.3) is 0 Å². The largest absolute Gasteiger partial charge is 0.341 e. The first-order valence-corrected chi connectivity index (χ1v) is 8.20. The molecule has 2 aliphatic rings. The molecule has 0 radical (unpaired) electrons. The first-order chi connectivity index (χ1) is 10.1. The predicted octanol–water partition coefficient (Wildman–Crippen LogP) is 5.00. The zero-order chi connectivity index (χ0) is 15.0. The van der Waals surface area contributed by atoms with Gasteiger partial charge in [0.25, 0.3) is 0 Å². The molecule has 2 aliphatic heterocycles. The zero-order valence-corrected chi connectivity index (χ0v) is 14.1. The van der Waals surface area contributed by atoms with Gasteiger partial charge in [0, 0.05) is 18.8 Å². The average Bonchev–Trinajstić information content (AvgIpc) is 2.90. The molecule has 2 nitrogen and oxygen atoms in total. The number of anilines is 1. The zero-order valence-electron chi connectivity index (χ0n) is 11.8. The summed E-state index contributed by atoms with van der Waals surface area (Å²) >= 11 is 18.8. The maximum Gasteiger partial charge on any atom is 0.0844 e. The van der Waals surface area contributed by atoms with E-state index in [1.807, 2.05) is 0 Å². The number of benzene rings is 1. The van der Waals surface area contributed by atoms with Crippen LogP contribution in [0.5, 0.6) is 0 Å². The third-order valence-electron chi connectivity index (χ3n) is 4.13. The van der Waals surface area contributed by atoms with Crippen molar-refractivity contribution in [1.29, 1.82) is 0 Å². The van der Waals surface area contributed by atoms with Crippen molar-refractivity contribution < 1.29 is 0 Å². The Morgan fingerprint density at radius 1 is 1.14 bits per heavy atom. The summed E-state index contributed by atoms with van der Waals surface area (Å²) in [6, 6.07) is 3.99. The van der Waals surface area contributed by atoms with E-state index in [9.17, 15) is 0 Å². The number of hydrogen-bond acceptors (Lipinski definition) is 2. The van der Waals surface area contributed by atoms with Gasteiger partial charge in [-0.25, -0.2) is 0 Å². The van der Waals surface area contributed by atoms with Crippen molar-refractivity contribution in [1.82, 2.24) is 4.90 Å². The SMILES string of the molecule is CN1CCCC1C1=CN(c2c(Cl)ccc(Cl)c2Cl)CC=C1. The Morgan fingerprint density at radius 3 is 2.62 bits per heavy atom. The lowest BCUT2D eigenvalue weighted by molar-refractivity contribution is 0.348. The van der Waals surface area contributed by atoms with E-state index in [1.165, 1.54) is 18.4 Å². The first-order valence-electron chi connectivity index (χ1n) is 7.06. The second-order valence-electron chi connectivity index (χ2n) is 5.51. The molecule has 112 valence electrons. The highest BCUT2D eigenvalue weighted by molar-refractivity contribution is 6.46. The molecular formula is C16H17Cl3N2. The highest BCUT2D eigenvalue weighted by atomic mass is 35.5. The fourth-order valence-electron chi connectivity index (χ4n) is 3.04. The van der Waals surface area contributed by atoms with Crippen molar-refractivity contribution in [2.45, 2.75) is 18.9 Å². The third kappa shape index (κ3) is 2.95. The molecule has 0 saturated carbocycles. The maximum atomic E-state index is 6.35. The maximum absolute atomic E-state index is 6.35. The van der Waals surface area contributed by atoms with Gasteiger partial charge in [-0.3, -0.25) is 4.90 Å². The van der Waals surface area contributed by atoms with Crippen molar-refractivity contribution >= 4 is 40.5 Å². The summed E-state index contributed by atoms with van der Waals surface area (Å²) in [7, 11) is 2.17. The van der Waals surface area contributed by atoms with Crippen LogP contribution in [0.15, 0.2) is 36.1 Å². The molecule has 1 aromatic rings. The Hall–Kier alpha value is -0.670. The molecule has 1 aromatic carbocycles. The molecule has 0 spiro atoms. The van der Waals surface area contributed by atoms with E-state index in [0.29, 0.717) is 21.1 Å². The second kappa shape index (κ2) is 6.21. The van der Waals surface area contributed by atoms with Crippen LogP contribution < -0.4 is 4.90 Å². The van der Waals surface area contributed by atoms with Gasteiger partial charge in [0.15, 0.2) is 0 Å². The van der Waals surface area contributed by atoms with E-state index in [1.54, 1.807) is 12.1 Å². The normalized spacial score (nSPS) is 22.8. The number of hydrogen-bond donors (Lipinski definition) is 0. The molecule has 1 fully saturated rings. The van der Waals surface area contributed by atoms with Crippen LogP contribution in [0.2, 0.25) is 15.1 Å². The molecule has 5 heteroatoms. The molecule has 0 aliphatic carbocycles. The van der Waals surface area contributed by atoms with Crippen molar-refractivity contribution in [2.24, 2.45) is 0 Å². The summed E-state index contributed by atoms with van der Waals surface area (Å²) in [6.07, 6.45) is 8.93. The summed E-state index contributed by atoms with van der Waals surface area (Å²) in [5.41, 5.74) is 2.08. The highest BCUT2D eigenvalue weighted by Crippen LogP contribution is 2.40. The average molecular weight is 344 g/mol. The Kier molecular flexibility index (Phi) is 4.51. The molecule has 21 heavy (non-hydrogen) atoms. The summed E-state index contributed by atoms with van der Waals surface area (Å²) in [6.45, 7) is 1.90. The molecule has 0 amide bonds. The van der Waals surface area contributed by atoms with Gasteiger partial charge in [-0.2, -0.15) is 0 Å². The monoisotopic (exact) mass is 342 g/mol. The van der Waals surface area contributed by atoms with Crippen molar-refractivity contribution in [3.63, 3.8) is 0 Å². The lowest BCUT2D eigenvalue weighted by atomic mass is 10.0. The summed E-state index contributed by atoms with van der Waals surface area (Å²) in [4.78, 5) is 4.47. The standard InChI is InChI=1S/C16H17Cl3N2/c1-20-8-3-5-14(20)11-4-2-9-21(10-11)16-13(18)7-6-12(17)15(16)19/h2,4,6-7,10,14H,3,5,8-9H2,1H3. The van der Waals surface area contributed by atoms with Crippen LogP contribution >= 0.6 is 34.8 Å². The van der Waals surface area contributed by atoms with Gasteiger partial charge in [0.1, 0.15) is 0 Å². The van der Waals surface area contributed by atoms with E-state index < -0.39 is 0 Å². The number of likely N-dealkylation sites (tertiary alicyclic amines) is 1. The van der Waals surface area contributed by atoms with Crippen LogP contribution in [0, 0.1) is 0 Å². The number of nitrogens with zero attached hydrogens (tertiary/aromatic N) is 2. The lowest BCUT2D eigenvalue weighted by Gasteiger charge is -2.29. The first kappa shape index (κ1) is 15.2. The fraction of sp³-hybridized carbons (Fsp3) is 0.375. The minimum absolute atomic E-state index is 0.473. The molecule has 1 saturated heterocycles. The van der Waals surface area contributed by atoms with Crippen molar-refractivity contribution in [2.75, 3.05) is 25.0 Å². The molecule has 3 rings (SSSR count). The van der Waals surface area contributed by atoms with Crippen molar-refractivity contribution in [3.8, 4) is 0 Å². The Balaban J connectivity index is 1.95. The van der Waals surface area contributed by atoms with Gasteiger partial charge in [-0.15, -0.1) is 0 Å². The quantitative estimate of drug-likeness (QED) is 0.697. The Bertz CT molecular complexity index is 610. The smallest absolute Gasteiger partial charge is 0.0844 e. The van der Waals surface area contributed by atoms with Crippen LogP contribution in [0.4, 0.5) is 5.69 Å². The van der Waals surface area contributed by atoms with Crippen LogP contribution in [-0.2, 0) is 0 Å². The van der Waals surface area contributed by atoms with E-state index >= 15 is 0 Å². The fourth-order valence-corrected chi connectivity index (χ4v) is 3.78. The van der Waals surface area contributed by atoms with Crippen LogP contribution in [-0.4, -0.2) is 31.1 Å². The lowest BCUT2D eigenvalue weighted by Crippen LogP contribution is -2.30. The highest BCUT2D eigenvalue weighted by Gasteiger charge is 2.26. The van der Waals surface area contributed by atoms with E-state index in [2.05, 4.69) is 35.2 Å². The van der Waals surface area contributed by atoms with Gasteiger partial charge in [0.2, 0.25) is 0 Å².